The highest BCUT2D eigenvalue weighted by molar-refractivity contribution is 5.80. The van der Waals surface area contributed by atoms with Gasteiger partial charge in [-0.3, -0.25) is 0 Å². The summed E-state index contributed by atoms with van der Waals surface area (Å²) >= 11 is 0. The third-order valence-corrected chi connectivity index (χ3v) is 3.13. The first-order valence-corrected chi connectivity index (χ1v) is 6.74. The van der Waals surface area contributed by atoms with E-state index in [9.17, 15) is 0 Å². The molecule has 0 aliphatic heterocycles. The molecular formula is C14H24N5+. The van der Waals surface area contributed by atoms with Crippen molar-refractivity contribution in [3.8, 4) is 0 Å². The number of nitrogens with two attached hydrogens (primary N) is 1. The monoisotopic (exact) mass is 262 g/mol. The van der Waals surface area contributed by atoms with Gasteiger partial charge in [-0.2, -0.15) is 0 Å². The summed E-state index contributed by atoms with van der Waals surface area (Å²) < 4.78 is 2.82. The van der Waals surface area contributed by atoms with E-state index in [1.54, 1.807) is 0 Å². The minimum atomic E-state index is 0.729. The Morgan fingerprint density at radius 1 is 1.26 bits per heavy atom. The molecule has 0 aromatic carbocycles. The molecule has 0 amide bonds. The average molecular weight is 262 g/mol. The normalized spacial score (nSPS) is 11.9. The van der Waals surface area contributed by atoms with Gasteiger partial charge in [-0.05, 0) is 25.0 Å². The summed E-state index contributed by atoms with van der Waals surface area (Å²) in [4.78, 5) is 0. The fourth-order valence-corrected chi connectivity index (χ4v) is 2.07. The van der Waals surface area contributed by atoms with Gasteiger partial charge in [-0.25, -0.2) is 4.52 Å². The number of nitrogens with zero attached hydrogens (tertiary/aromatic N) is 3. The maximum absolute atomic E-state index is 6.07. The third kappa shape index (κ3) is 3.61. The maximum Gasteiger partial charge on any atom is 0.172 e. The molecule has 2 heterocycles. The predicted octanol–water partition coefficient (Wildman–Crippen LogP) is 1.81. The van der Waals surface area contributed by atoms with Crippen LogP contribution in [0.1, 0.15) is 12.8 Å². The topological polar surface area (TPSA) is 55.4 Å². The van der Waals surface area contributed by atoms with Crippen LogP contribution in [0.3, 0.4) is 0 Å². The predicted molar refractivity (Wildman–Crippen MR) is 80.2 cm³/mol. The number of anilines is 2. The van der Waals surface area contributed by atoms with E-state index in [4.69, 9.17) is 5.73 Å². The fourth-order valence-electron chi connectivity index (χ4n) is 2.07. The van der Waals surface area contributed by atoms with Gasteiger partial charge in [-0.1, -0.05) is 6.07 Å². The van der Waals surface area contributed by atoms with Gasteiger partial charge in [0, 0.05) is 12.7 Å². The highest BCUT2D eigenvalue weighted by Gasteiger charge is 2.09. The number of nitrogens with one attached hydrogen (secondary N) is 1. The number of hydrogen-bond acceptors (Lipinski definition) is 3. The average Bonchev–Trinajstić information content (AvgIpc) is 2.65. The molecule has 5 heteroatoms. The van der Waals surface area contributed by atoms with Crippen molar-refractivity contribution in [1.82, 2.24) is 9.61 Å². The molecule has 19 heavy (non-hydrogen) atoms. The van der Waals surface area contributed by atoms with Crippen molar-refractivity contribution in [3.05, 3.63) is 24.4 Å². The van der Waals surface area contributed by atoms with Gasteiger partial charge in [-0.15, -0.1) is 5.10 Å². The molecule has 0 saturated heterocycles. The van der Waals surface area contributed by atoms with Crippen molar-refractivity contribution in [2.75, 3.05) is 45.3 Å². The zero-order valence-corrected chi connectivity index (χ0v) is 12.1. The highest BCUT2D eigenvalue weighted by Crippen LogP contribution is 2.22. The Morgan fingerprint density at radius 2 is 2.05 bits per heavy atom. The van der Waals surface area contributed by atoms with Crippen LogP contribution in [-0.4, -0.2) is 48.3 Å². The van der Waals surface area contributed by atoms with Crippen molar-refractivity contribution >= 4 is 17.0 Å². The van der Waals surface area contributed by atoms with Crippen LogP contribution in [0.5, 0.6) is 0 Å². The van der Waals surface area contributed by atoms with Crippen LogP contribution in [0.4, 0.5) is 11.5 Å². The van der Waals surface area contributed by atoms with Gasteiger partial charge in [0.2, 0.25) is 0 Å². The zero-order chi connectivity index (χ0) is 13.9. The van der Waals surface area contributed by atoms with Crippen LogP contribution < -0.4 is 11.1 Å². The van der Waals surface area contributed by atoms with Crippen molar-refractivity contribution in [2.45, 2.75) is 12.8 Å². The zero-order valence-electron chi connectivity index (χ0n) is 12.1. The lowest BCUT2D eigenvalue weighted by molar-refractivity contribution is -0.870. The van der Waals surface area contributed by atoms with Crippen LogP contribution in [0.2, 0.25) is 0 Å². The molecule has 3 N–H and O–H groups in total. The number of nitrogen functional groups attached to an aromatic ring is 1. The van der Waals surface area contributed by atoms with Crippen LogP contribution in [0, 0.1) is 0 Å². The van der Waals surface area contributed by atoms with E-state index in [0.29, 0.717) is 0 Å². The third-order valence-electron chi connectivity index (χ3n) is 3.13. The number of pyridine rings is 1. The molecule has 104 valence electrons. The van der Waals surface area contributed by atoms with E-state index < -0.39 is 0 Å². The quantitative estimate of drug-likeness (QED) is 0.616. The van der Waals surface area contributed by atoms with Crippen LogP contribution in [0.25, 0.3) is 5.52 Å². The lowest BCUT2D eigenvalue weighted by Gasteiger charge is -2.23. The van der Waals surface area contributed by atoms with Crippen molar-refractivity contribution in [2.24, 2.45) is 0 Å². The summed E-state index contributed by atoms with van der Waals surface area (Å²) in [6.45, 7) is 2.09. The summed E-state index contributed by atoms with van der Waals surface area (Å²) in [6, 6.07) is 5.90. The van der Waals surface area contributed by atoms with Crippen LogP contribution in [0.15, 0.2) is 24.4 Å². The van der Waals surface area contributed by atoms with Gasteiger partial charge in [0.05, 0.1) is 33.2 Å². The molecule has 0 unspecified atom stereocenters. The smallest absolute Gasteiger partial charge is 0.172 e. The van der Waals surface area contributed by atoms with Crippen LogP contribution in [-0.2, 0) is 0 Å². The number of fused-ring (bicyclic) bond motifs is 1. The Morgan fingerprint density at radius 3 is 2.74 bits per heavy atom. The van der Waals surface area contributed by atoms with E-state index >= 15 is 0 Å². The number of hydrogen-bond donors (Lipinski definition) is 2. The molecule has 2 aromatic rings. The molecule has 2 aromatic heterocycles. The molecule has 0 spiro atoms. The highest BCUT2D eigenvalue weighted by atomic mass is 15.3. The number of unbranched alkanes of at least 4 members (excludes halogenated alkanes) is 1. The second-order valence-corrected chi connectivity index (χ2v) is 5.94. The lowest BCUT2D eigenvalue weighted by Crippen LogP contribution is -2.35. The summed E-state index contributed by atoms with van der Waals surface area (Å²) in [5.41, 5.74) is 7.76. The molecule has 5 nitrogen and oxygen atoms in total. The Hall–Kier alpha value is -1.75. The summed E-state index contributed by atoms with van der Waals surface area (Å²) in [7, 11) is 6.65. The van der Waals surface area contributed by atoms with E-state index in [0.717, 1.165) is 34.5 Å². The van der Waals surface area contributed by atoms with Gasteiger partial charge in [0.25, 0.3) is 0 Å². The Balaban J connectivity index is 1.87. The molecule has 0 aliphatic rings. The van der Waals surface area contributed by atoms with Gasteiger partial charge in [0.15, 0.2) is 5.82 Å². The number of rotatable bonds is 6. The van der Waals surface area contributed by atoms with Gasteiger partial charge >= 0.3 is 0 Å². The van der Waals surface area contributed by atoms with E-state index in [-0.39, 0.29) is 0 Å². The van der Waals surface area contributed by atoms with E-state index in [2.05, 4.69) is 31.6 Å². The minimum Gasteiger partial charge on any atom is -0.394 e. The second-order valence-electron chi connectivity index (χ2n) is 5.94. The van der Waals surface area contributed by atoms with E-state index in [1.807, 2.05) is 28.9 Å². The summed E-state index contributed by atoms with van der Waals surface area (Å²) in [5.74, 6) is 0.788. The first-order chi connectivity index (χ1) is 8.97. The van der Waals surface area contributed by atoms with Gasteiger partial charge in [0.1, 0.15) is 5.69 Å². The maximum atomic E-state index is 6.07. The molecule has 0 aliphatic carbocycles. The first kappa shape index (κ1) is 13.7. The largest absolute Gasteiger partial charge is 0.394 e. The standard InChI is InChI=1S/C14H24N5/c1-19(2,3)11-7-5-9-16-14-13(15)12-8-4-6-10-18(12)17-14/h4,6,8,10H,5,7,9,11,15H2,1-3H3,(H,16,17)/q+1. The minimum absolute atomic E-state index is 0.729. The summed E-state index contributed by atoms with van der Waals surface area (Å²) in [6.07, 6.45) is 4.24. The Bertz CT molecular complexity index is 538. The molecule has 0 saturated carbocycles. The lowest BCUT2D eigenvalue weighted by atomic mass is 10.3. The van der Waals surface area contributed by atoms with Crippen molar-refractivity contribution in [1.29, 1.82) is 0 Å². The molecule has 0 fully saturated rings. The molecule has 2 rings (SSSR count). The van der Waals surface area contributed by atoms with E-state index in [1.165, 1.54) is 13.0 Å². The van der Waals surface area contributed by atoms with Crippen molar-refractivity contribution in [3.63, 3.8) is 0 Å². The fraction of sp³-hybridized carbons (Fsp3) is 0.500. The SMILES string of the molecule is C[N+](C)(C)CCCCNc1nn2ccccc2c1N. The first-order valence-electron chi connectivity index (χ1n) is 6.74. The Labute approximate surface area is 114 Å². The second kappa shape index (κ2) is 5.48. The van der Waals surface area contributed by atoms with Gasteiger partial charge < -0.3 is 15.5 Å². The van der Waals surface area contributed by atoms with Crippen molar-refractivity contribution < 1.29 is 4.48 Å². The molecule has 0 bridgehead atoms. The summed E-state index contributed by atoms with van der Waals surface area (Å²) in [5, 5.41) is 7.76. The molecule has 0 atom stereocenters. The number of quaternary nitrogens is 1. The Kier molecular flexibility index (Phi) is 3.95. The number of aromatic nitrogens is 2. The van der Waals surface area contributed by atoms with Crippen LogP contribution >= 0.6 is 0 Å². The molecular weight excluding hydrogens is 238 g/mol. The molecule has 0 radical (unpaired) electrons.